The Labute approximate surface area is 89.8 Å². The van der Waals surface area contributed by atoms with Gasteiger partial charge < -0.3 is 15.0 Å². The fourth-order valence-corrected chi connectivity index (χ4v) is 1.48. The maximum absolute atomic E-state index is 11.6. The predicted octanol–water partition coefficient (Wildman–Crippen LogP) is 0.742. The van der Waals surface area contributed by atoms with E-state index in [2.05, 4.69) is 5.32 Å². The summed E-state index contributed by atoms with van der Waals surface area (Å²) < 4.78 is 5.22. The van der Waals surface area contributed by atoms with E-state index in [1.807, 2.05) is 20.8 Å². The second-order valence-electron chi connectivity index (χ2n) is 4.70. The molecule has 0 unspecified atom stereocenters. The number of hydrogen-bond donors (Lipinski definition) is 1. The molecule has 0 aliphatic carbocycles. The lowest BCUT2D eigenvalue weighted by Gasteiger charge is -2.24. The summed E-state index contributed by atoms with van der Waals surface area (Å²) in [6, 6.07) is 0.0648. The third-order valence-corrected chi connectivity index (χ3v) is 2.14. The second kappa shape index (κ2) is 4.51. The van der Waals surface area contributed by atoms with Gasteiger partial charge in [0, 0.05) is 19.1 Å². The highest BCUT2D eigenvalue weighted by atomic mass is 16.6. The molecule has 0 saturated carbocycles. The van der Waals surface area contributed by atoms with E-state index < -0.39 is 5.60 Å². The van der Waals surface area contributed by atoms with Gasteiger partial charge in [-0.1, -0.05) is 0 Å². The average Bonchev–Trinajstić information content (AvgIpc) is 2.50. The van der Waals surface area contributed by atoms with Gasteiger partial charge in [-0.05, 0) is 27.2 Å². The molecule has 1 rings (SSSR count). The zero-order valence-electron chi connectivity index (χ0n) is 9.45. The Kier molecular flexibility index (Phi) is 3.55. The molecule has 0 bridgehead atoms. The first-order valence-corrected chi connectivity index (χ1v) is 5.10. The SMILES string of the molecule is CC(C)(C)OC(=O)N1CC[C@@H](NC=O)C1. The highest BCUT2D eigenvalue weighted by molar-refractivity contribution is 5.68. The van der Waals surface area contributed by atoms with Crippen molar-refractivity contribution in [3.8, 4) is 0 Å². The molecule has 1 saturated heterocycles. The molecular formula is C10H18N2O3. The first kappa shape index (κ1) is 11.8. The highest BCUT2D eigenvalue weighted by Gasteiger charge is 2.29. The number of carbonyl (C=O) groups is 2. The van der Waals surface area contributed by atoms with Crippen LogP contribution >= 0.6 is 0 Å². The van der Waals surface area contributed by atoms with Crippen LogP contribution in [0.3, 0.4) is 0 Å². The first-order chi connectivity index (χ1) is 6.92. The maximum Gasteiger partial charge on any atom is 0.410 e. The summed E-state index contributed by atoms with van der Waals surface area (Å²) in [7, 11) is 0. The second-order valence-corrected chi connectivity index (χ2v) is 4.70. The van der Waals surface area contributed by atoms with Gasteiger partial charge >= 0.3 is 6.09 Å². The van der Waals surface area contributed by atoms with Crippen LogP contribution in [0, 0.1) is 0 Å². The molecule has 1 atom stereocenters. The van der Waals surface area contributed by atoms with Crippen molar-refractivity contribution in [2.24, 2.45) is 0 Å². The van der Waals surface area contributed by atoms with E-state index in [0.717, 1.165) is 6.42 Å². The van der Waals surface area contributed by atoms with Crippen LogP contribution in [0.1, 0.15) is 27.2 Å². The molecule has 5 heteroatoms. The summed E-state index contributed by atoms with van der Waals surface area (Å²) in [5.41, 5.74) is -0.465. The Balaban J connectivity index is 2.40. The Morgan fingerprint density at radius 1 is 1.53 bits per heavy atom. The lowest BCUT2D eigenvalue weighted by molar-refractivity contribution is -0.110. The van der Waals surface area contributed by atoms with Crippen LogP contribution in [-0.2, 0) is 9.53 Å². The van der Waals surface area contributed by atoms with Crippen LogP contribution in [0.15, 0.2) is 0 Å². The van der Waals surface area contributed by atoms with E-state index in [1.54, 1.807) is 4.90 Å². The van der Waals surface area contributed by atoms with Gasteiger partial charge in [-0.2, -0.15) is 0 Å². The minimum Gasteiger partial charge on any atom is -0.444 e. The first-order valence-electron chi connectivity index (χ1n) is 5.10. The van der Waals surface area contributed by atoms with Crippen LogP contribution in [0.4, 0.5) is 4.79 Å². The number of carbonyl (C=O) groups excluding carboxylic acids is 2. The third kappa shape index (κ3) is 3.77. The summed E-state index contributed by atoms with van der Waals surface area (Å²) in [4.78, 5) is 23.4. The van der Waals surface area contributed by atoms with Crippen LogP contribution in [-0.4, -0.2) is 42.1 Å². The van der Waals surface area contributed by atoms with Crippen molar-refractivity contribution in [2.45, 2.75) is 38.8 Å². The molecule has 1 aliphatic rings. The minimum atomic E-state index is -0.465. The molecule has 0 aromatic carbocycles. The van der Waals surface area contributed by atoms with E-state index >= 15 is 0 Å². The van der Waals surface area contributed by atoms with Gasteiger partial charge in [-0.25, -0.2) is 4.79 Å². The zero-order chi connectivity index (χ0) is 11.5. The van der Waals surface area contributed by atoms with Crippen LogP contribution in [0.25, 0.3) is 0 Å². The predicted molar refractivity (Wildman–Crippen MR) is 55.4 cm³/mol. The van der Waals surface area contributed by atoms with Gasteiger partial charge in [-0.3, -0.25) is 4.79 Å². The molecule has 1 heterocycles. The van der Waals surface area contributed by atoms with E-state index in [0.29, 0.717) is 19.5 Å². The van der Waals surface area contributed by atoms with Gasteiger partial charge in [0.25, 0.3) is 0 Å². The third-order valence-electron chi connectivity index (χ3n) is 2.14. The number of nitrogens with one attached hydrogen (secondary N) is 1. The topological polar surface area (TPSA) is 58.6 Å². The fraction of sp³-hybridized carbons (Fsp3) is 0.800. The van der Waals surface area contributed by atoms with Gasteiger partial charge in [0.1, 0.15) is 5.60 Å². The Bertz CT molecular complexity index is 248. The summed E-state index contributed by atoms with van der Waals surface area (Å²) in [6.07, 6.45) is 1.15. The van der Waals surface area contributed by atoms with Crippen molar-refractivity contribution in [3.63, 3.8) is 0 Å². The molecule has 15 heavy (non-hydrogen) atoms. The van der Waals surface area contributed by atoms with Crippen molar-refractivity contribution >= 4 is 12.5 Å². The molecule has 0 aromatic heterocycles. The molecule has 2 amide bonds. The lowest BCUT2D eigenvalue weighted by Crippen LogP contribution is -2.38. The Morgan fingerprint density at radius 3 is 2.73 bits per heavy atom. The van der Waals surface area contributed by atoms with Crippen LogP contribution < -0.4 is 5.32 Å². The molecule has 5 nitrogen and oxygen atoms in total. The van der Waals surface area contributed by atoms with E-state index in [9.17, 15) is 9.59 Å². The van der Waals surface area contributed by atoms with Crippen molar-refractivity contribution in [1.29, 1.82) is 0 Å². The Hall–Kier alpha value is -1.26. The normalized spacial score (nSPS) is 21.3. The summed E-state index contributed by atoms with van der Waals surface area (Å²) in [6.45, 7) is 6.68. The monoisotopic (exact) mass is 214 g/mol. The average molecular weight is 214 g/mol. The number of ether oxygens (including phenoxy) is 1. The molecule has 86 valence electrons. The van der Waals surface area contributed by atoms with Crippen molar-refractivity contribution in [3.05, 3.63) is 0 Å². The minimum absolute atomic E-state index is 0.0648. The Morgan fingerprint density at radius 2 is 2.20 bits per heavy atom. The number of likely N-dealkylation sites (tertiary alicyclic amines) is 1. The summed E-state index contributed by atoms with van der Waals surface area (Å²) in [5, 5.41) is 2.66. The number of rotatable bonds is 2. The van der Waals surface area contributed by atoms with Crippen LogP contribution in [0.2, 0.25) is 0 Å². The quantitative estimate of drug-likeness (QED) is 0.690. The summed E-state index contributed by atoms with van der Waals surface area (Å²) >= 11 is 0. The highest BCUT2D eigenvalue weighted by Crippen LogP contribution is 2.14. The number of nitrogens with zero attached hydrogens (tertiary/aromatic N) is 1. The van der Waals surface area contributed by atoms with E-state index in [4.69, 9.17) is 4.74 Å². The van der Waals surface area contributed by atoms with Crippen LogP contribution in [0.5, 0.6) is 0 Å². The summed E-state index contributed by atoms with van der Waals surface area (Å²) in [5.74, 6) is 0. The van der Waals surface area contributed by atoms with Gasteiger partial charge in [0.2, 0.25) is 6.41 Å². The van der Waals surface area contributed by atoms with E-state index in [1.165, 1.54) is 0 Å². The lowest BCUT2D eigenvalue weighted by atomic mass is 10.2. The standard InChI is InChI=1S/C10H18N2O3/c1-10(2,3)15-9(14)12-5-4-8(6-12)11-7-13/h7-8H,4-6H2,1-3H3,(H,11,13)/t8-/m1/s1. The smallest absolute Gasteiger partial charge is 0.410 e. The van der Waals surface area contributed by atoms with Gasteiger partial charge in [0.15, 0.2) is 0 Å². The van der Waals surface area contributed by atoms with E-state index in [-0.39, 0.29) is 12.1 Å². The van der Waals surface area contributed by atoms with Crippen molar-refractivity contribution in [1.82, 2.24) is 10.2 Å². The largest absolute Gasteiger partial charge is 0.444 e. The molecule has 1 fully saturated rings. The van der Waals surface area contributed by atoms with Crippen molar-refractivity contribution in [2.75, 3.05) is 13.1 Å². The molecule has 0 spiro atoms. The molecule has 0 aromatic rings. The number of hydrogen-bond acceptors (Lipinski definition) is 3. The maximum atomic E-state index is 11.6. The molecule has 1 N–H and O–H groups in total. The molecule has 0 radical (unpaired) electrons. The fourth-order valence-electron chi connectivity index (χ4n) is 1.48. The van der Waals surface area contributed by atoms with Crippen molar-refractivity contribution < 1.29 is 14.3 Å². The van der Waals surface area contributed by atoms with Gasteiger partial charge in [-0.15, -0.1) is 0 Å². The zero-order valence-corrected chi connectivity index (χ0v) is 9.45. The number of amides is 2. The molecular weight excluding hydrogens is 196 g/mol. The van der Waals surface area contributed by atoms with Gasteiger partial charge in [0.05, 0.1) is 0 Å². The molecule has 1 aliphatic heterocycles.